The minimum Gasteiger partial charge on any atom is -0.508 e. The van der Waals surface area contributed by atoms with E-state index >= 15 is 0 Å². The highest BCUT2D eigenvalue weighted by molar-refractivity contribution is 6.01. The van der Waals surface area contributed by atoms with E-state index < -0.39 is 11.8 Å². The zero-order valence-electron chi connectivity index (χ0n) is 10.6. The van der Waals surface area contributed by atoms with Gasteiger partial charge in [0.15, 0.2) is 0 Å². The van der Waals surface area contributed by atoms with Crippen molar-refractivity contribution in [1.82, 2.24) is 5.32 Å². The zero-order valence-corrected chi connectivity index (χ0v) is 10.6. The van der Waals surface area contributed by atoms with Crippen molar-refractivity contribution in [3.8, 4) is 5.75 Å². The molecule has 0 bridgehead atoms. The highest BCUT2D eigenvalue weighted by atomic mass is 16.3. The number of phenols is 1. The molecule has 1 aromatic rings. The van der Waals surface area contributed by atoms with Crippen LogP contribution in [0.15, 0.2) is 18.2 Å². The standard InChI is InChI=1S/C14H15NO4/c1-8(16)7-9-3-2-4-11(17)13(9)10-5-6-12(18)15-14(10)19/h2-4,10,17H,5-7H2,1H3,(H,15,18,19). The fraction of sp³-hybridized carbons (Fsp3) is 0.357. The predicted octanol–water partition coefficient (Wildman–Crippen LogP) is 1.04. The number of rotatable bonds is 3. The molecule has 2 amide bonds. The Hall–Kier alpha value is -2.17. The van der Waals surface area contributed by atoms with Crippen LogP contribution in [0.3, 0.4) is 0 Å². The van der Waals surface area contributed by atoms with Crippen LogP contribution in [0.4, 0.5) is 0 Å². The molecule has 0 saturated carbocycles. The van der Waals surface area contributed by atoms with E-state index in [2.05, 4.69) is 5.32 Å². The minimum absolute atomic E-state index is 0.00625. The van der Waals surface area contributed by atoms with Crippen LogP contribution in [0.5, 0.6) is 5.75 Å². The van der Waals surface area contributed by atoms with Crippen LogP contribution in [0.1, 0.15) is 36.8 Å². The van der Waals surface area contributed by atoms with E-state index in [0.717, 1.165) is 0 Å². The molecule has 5 heteroatoms. The molecule has 2 rings (SSSR count). The second kappa shape index (κ2) is 5.22. The Kier molecular flexibility index (Phi) is 3.64. The van der Waals surface area contributed by atoms with Crippen LogP contribution in [-0.4, -0.2) is 22.7 Å². The summed E-state index contributed by atoms with van der Waals surface area (Å²) in [6, 6.07) is 4.85. The van der Waals surface area contributed by atoms with Crippen molar-refractivity contribution in [2.45, 2.75) is 32.1 Å². The Morgan fingerprint density at radius 2 is 2.16 bits per heavy atom. The van der Waals surface area contributed by atoms with Gasteiger partial charge in [-0.1, -0.05) is 12.1 Å². The molecule has 19 heavy (non-hydrogen) atoms. The number of carbonyl (C=O) groups is 3. The SMILES string of the molecule is CC(=O)Cc1cccc(O)c1C1CCC(=O)NC1=O. The molecule has 1 aromatic carbocycles. The maximum Gasteiger partial charge on any atom is 0.234 e. The minimum atomic E-state index is -0.576. The lowest BCUT2D eigenvalue weighted by Gasteiger charge is -2.24. The average molecular weight is 261 g/mol. The summed E-state index contributed by atoms with van der Waals surface area (Å²) >= 11 is 0. The summed E-state index contributed by atoms with van der Waals surface area (Å²) in [6.45, 7) is 1.46. The Morgan fingerprint density at radius 1 is 1.42 bits per heavy atom. The van der Waals surface area contributed by atoms with Gasteiger partial charge >= 0.3 is 0 Å². The van der Waals surface area contributed by atoms with Crippen LogP contribution in [0.25, 0.3) is 0 Å². The number of Topliss-reactive ketones (excluding diaryl/α,β-unsaturated/α-hetero) is 1. The quantitative estimate of drug-likeness (QED) is 0.796. The van der Waals surface area contributed by atoms with Gasteiger partial charge in [-0.05, 0) is 25.0 Å². The number of imide groups is 1. The van der Waals surface area contributed by atoms with Gasteiger partial charge in [-0.15, -0.1) is 0 Å². The summed E-state index contributed by atoms with van der Waals surface area (Å²) in [6.07, 6.45) is 0.763. The zero-order chi connectivity index (χ0) is 14.0. The Morgan fingerprint density at radius 3 is 2.79 bits per heavy atom. The molecule has 1 aliphatic heterocycles. The summed E-state index contributed by atoms with van der Waals surface area (Å²) in [5.41, 5.74) is 1.10. The number of nitrogens with one attached hydrogen (secondary N) is 1. The molecule has 0 aromatic heterocycles. The van der Waals surface area contributed by atoms with E-state index in [9.17, 15) is 19.5 Å². The van der Waals surface area contributed by atoms with Crippen LogP contribution < -0.4 is 5.32 Å². The van der Waals surface area contributed by atoms with Crippen molar-refractivity contribution in [3.63, 3.8) is 0 Å². The number of benzene rings is 1. The number of hydrogen-bond acceptors (Lipinski definition) is 4. The highest BCUT2D eigenvalue weighted by Gasteiger charge is 2.31. The molecule has 1 atom stereocenters. The first-order valence-corrected chi connectivity index (χ1v) is 6.13. The maximum absolute atomic E-state index is 11.9. The molecule has 1 heterocycles. The van der Waals surface area contributed by atoms with Crippen molar-refractivity contribution in [2.75, 3.05) is 0 Å². The van der Waals surface area contributed by atoms with Crippen LogP contribution >= 0.6 is 0 Å². The number of aromatic hydroxyl groups is 1. The predicted molar refractivity (Wildman–Crippen MR) is 67.6 cm³/mol. The smallest absolute Gasteiger partial charge is 0.234 e. The van der Waals surface area contributed by atoms with Gasteiger partial charge in [0.1, 0.15) is 11.5 Å². The number of ketones is 1. The van der Waals surface area contributed by atoms with Crippen LogP contribution in [-0.2, 0) is 20.8 Å². The van der Waals surface area contributed by atoms with Crippen LogP contribution in [0.2, 0.25) is 0 Å². The van der Waals surface area contributed by atoms with Crippen molar-refractivity contribution in [1.29, 1.82) is 0 Å². The molecule has 1 aliphatic rings. The van der Waals surface area contributed by atoms with Crippen LogP contribution in [0, 0.1) is 0 Å². The molecule has 0 aliphatic carbocycles. The van der Waals surface area contributed by atoms with Gasteiger partial charge in [0.25, 0.3) is 0 Å². The first-order valence-electron chi connectivity index (χ1n) is 6.13. The lowest BCUT2D eigenvalue weighted by Crippen LogP contribution is -2.39. The van der Waals surface area contributed by atoms with E-state index in [4.69, 9.17) is 0 Å². The molecule has 1 saturated heterocycles. The van der Waals surface area contributed by atoms with E-state index in [-0.39, 0.29) is 30.3 Å². The van der Waals surface area contributed by atoms with Gasteiger partial charge in [0.05, 0.1) is 5.92 Å². The third-order valence-corrected chi connectivity index (χ3v) is 3.20. The van der Waals surface area contributed by atoms with Gasteiger partial charge in [-0.25, -0.2) is 0 Å². The second-order valence-corrected chi connectivity index (χ2v) is 4.73. The third kappa shape index (κ3) is 2.81. The van der Waals surface area contributed by atoms with Gasteiger partial charge in [0, 0.05) is 18.4 Å². The Labute approximate surface area is 110 Å². The topological polar surface area (TPSA) is 83.5 Å². The average Bonchev–Trinajstić information content (AvgIpc) is 2.30. The molecule has 0 radical (unpaired) electrons. The van der Waals surface area contributed by atoms with Crippen molar-refractivity contribution in [3.05, 3.63) is 29.3 Å². The third-order valence-electron chi connectivity index (χ3n) is 3.20. The lowest BCUT2D eigenvalue weighted by atomic mass is 9.85. The van der Waals surface area contributed by atoms with E-state index in [1.807, 2.05) is 0 Å². The maximum atomic E-state index is 11.9. The van der Waals surface area contributed by atoms with E-state index in [1.54, 1.807) is 12.1 Å². The second-order valence-electron chi connectivity index (χ2n) is 4.73. The fourth-order valence-electron chi connectivity index (χ4n) is 2.39. The normalized spacial score (nSPS) is 19.1. The number of piperidine rings is 1. The van der Waals surface area contributed by atoms with Crippen molar-refractivity contribution >= 4 is 17.6 Å². The summed E-state index contributed by atoms with van der Waals surface area (Å²) in [5.74, 6) is -1.34. The lowest BCUT2D eigenvalue weighted by molar-refractivity contribution is -0.134. The van der Waals surface area contributed by atoms with E-state index in [1.165, 1.54) is 13.0 Å². The molecule has 1 unspecified atom stereocenters. The molecule has 100 valence electrons. The van der Waals surface area contributed by atoms with Gasteiger partial charge in [-0.2, -0.15) is 0 Å². The largest absolute Gasteiger partial charge is 0.508 e. The van der Waals surface area contributed by atoms with Crippen molar-refractivity contribution < 1.29 is 19.5 Å². The highest BCUT2D eigenvalue weighted by Crippen LogP contribution is 2.34. The molecular formula is C14H15NO4. The summed E-state index contributed by atoms with van der Waals surface area (Å²) in [5, 5.41) is 12.2. The molecule has 5 nitrogen and oxygen atoms in total. The number of hydrogen-bond donors (Lipinski definition) is 2. The van der Waals surface area contributed by atoms with Gasteiger partial charge < -0.3 is 5.11 Å². The monoisotopic (exact) mass is 261 g/mol. The summed E-state index contributed by atoms with van der Waals surface area (Å²) in [7, 11) is 0. The van der Waals surface area contributed by atoms with Crippen molar-refractivity contribution in [2.24, 2.45) is 0 Å². The fourth-order valence-corrected chi connectivity index (χ4v) is 2.39. The van der Waals surface area contributed by atoms with Gasteiger partial charge in [0.2, 0.25) is 11.8 Å². The first-order chi connectivity index (χ1) is 8.99. The Balaban J connectivity index is 2.40. The number of phenolic OH excluding ortho intramolecular Hbond substituents is 1. The summed E-state index contributed by atoms with van der Waals surface area (Å²) in [4.78, 5) is 34.3. The van der Waals surface area contributed by atoms with Gasteiger partial charge in [-0.3, -0.25) is 19.7 Å². The molecular weight excluding hydrogens is 246 g/mol. The summed E-state index contributed by atoms with van der Waals surface area (Å²) < 4.78 is 0. The Bertz CT molecular complexity index is 550. The number of carbonyl (C=O) groups excluding carboxylic acids is 3. The molecule has 0 spiro atoms. The number of amides is 2. The van der Waals surface area contributed by atoms with E-state index in [0.29, 0.717) is 17.5 Å². The molecule has 1 fully saturated rings. The first kappa shape index (κ1) is 13.3. The molecule has 2 N–H and O–H groups in total.